The Bertz CT molecular complexity index is 274. The topological polar surface area (TPSA) is 12.9 Å². The normalized spacial score (nSPS) is 11.7. The van der Waals surface area contributed by atoms with Gasteiger partial charge in [0.05, 0.1) is 5.69 Å². The highest BCUT2D eigenvalue weighted by molar-refractivity contribution is 5.59. The third-order valence-corrected chi connectivity index (χ3v) is 1.73. The molecule has 0 radical (unpaired) electrons. The lowest BCUT2D eigenvalue weighted by atomic mass is 10.2. The number of nitrogens with zero attached hydrogens (tertiary/aromatic N) is 1. The lowest BCUT2D eigenvalue weighted by molar-refractivity contribution is 1.16. The smallest absolute Gasteiger partial charge is 0.0658 e. The summed E-state index contributed by atoms with van der Waals surface area (Å²) in [5.74, 6) is 0. The molecule has 1 heteroatoms. The third kappa shape index (κ3) is 1.90. The quantitative estimate of drug-likeness (QED) is 0.595. The monoisotopic (exact) mass is 147 g/mol. The van der Waals surface area contributed by atoms with Gasteiger partial charge in [-0.25, -0.2) is 0 Å². The second kappa shape index (κ2) is 3.33. The molecular weight excluding hydrogens is 134 g/mol. The van der Waals surface area contributed by atoms with Gasteiger partial charge >= 0.3 is 0 Å². The number of aryl methyl sites for hydroxylation is 1. The number of hydrogen-bond donors (Lipinski definition) is 0. The molecule has 0 saturated heterocycles. The van der Waals surface area contributed by atoms with Gasteiger partial charge in [0.15, 0.2) is 0 Å². The van der Waals surface area contributed by atoms with Crippen LogP contribution in [0.25, 0.3) is 5.57 Å². The van der Waals surface area contributed by atoms with Crippen molar-refractivity contribution in [3.8, 4) is 0 Å². The summed E-state index contributed by atoms with van der Waals surface area (Å²) in [4.78, 5) is 4.38. The molecule has 0 aromatic carbocycles. The Balaban J connectivity index is 3.06. The maximum absolute atomic E-state index is 4.38. The van der Waals surface area contributed by atoms with Gasteiger partial charge < -0.3 is 0 Å². The van der Waals surface area contributed by atoms with Crippen LogP contribution in [0, 0.1) is 6.92 Å². The van der Waals surface area contributed by atoms with Gasteiger partial charge in [-0.05, 0) is 38.5 Å². The van der Waals surface area contributed by atoms with Crippen molar-refractivity contribution < 1.29 is 0 Å². The highest BCUT2D eigenvalue weighted by Crippen LogP contribution is 2.09. The van der Waals surface area contributed by atoms with Gasteiger partial charge in [-0.1, -0.05) is 12.1 Å². The fourth-order valence-electron chi connectivity index (χ4n) is 0.911. The van der Waals surface area contributed by atoms with Gasteiger partial charge in [0.1, 0.15) is 0 Å². The SMILES string of the molecule is C/C=C(\C)c1cccc(C)n1. The molecule has 0 bridgehead atoms. The van der Waals surface area contributed by atoms with Gasteiger partial charge in [0.25, 0.3) is 0 Å². The van der Waals surface area contributed by atoms with Crippen LogP contribution in [0.2, 0.25) is 0 Å². The van der Waals surface area contributed by atoms with E-state index in [-0.39, 0.29) is 0 Å². The second-order valence-corrected chi connectivity index (χ2v) is 2.64. The van der Waals surface area contributed by atoms with E-state index in [0.717, 1.165) is 11.4 Å². The van der Waals surface area contributed by atoms with E-state index in [1.807, 2.05) is 32.0 Å². The van der Waals surface area contributed by atoms with Crippen molar-refractivity contribution >= 4 is 5.57 Å². The summed E-state index contributed by atoms with van der Waals surface area (Å²) in [5.41, 5.74) is 3.38. The van der Waals surface area contributed by atoms with Crippen LogP contribution in [-0.2, 0) is 0 Å². The summed E-state index contributed by atoms with van der Waals surface area (Å²) in [6.45, 7) is 6.10. The van der Waals surface area contributed by atoms with Crippen molar-refractivity contribution in [1.29, 1.82) is 0 Å². The Morgan fingerprint density at radius 3 is 2.73 bits per heavy atom. The van der Waals surface area contributed by atoms with E-state index < -0.39 is 0 Å². The van der Waals surface area contributed by atoms with E-state index in [1.54, 1.807) is 0 Å². The average molecular weight is 147 g/mol. The minimum absolute atomic E-state index is 1.07. The molecule has 11 heavy (non-hydrogen) atoms. The Kier molecular flexibility index (Phi) is 2.42. The molecule has 0 fully saturated rings. The number of rotatable bonds is 1. The predicted molar refractivity (Wildman–Crippen MR) is 48.3 cm³/mol. The molecular formula is C10H13N. The van der Waals surface area contributed by atoms with Crippen LogP contribution in [-0.4, -0.2) is 4.98 Å². The van der Waals surface area contributed by atoms with E-state index in [9.17, 15) is 0 Å². The van der Waals surface area contributed by atoms with Crippen molar-refractivity contribution in [2.24, 2.45) is 0 Å². The molecule has 0 N–H and O–H groups in total. The van der Waals surface area contributed by atoms with Gasteiger partial charge in [-0.3, -0.25) is 4.98 Å². The molecule has 0 aliphatic heterocycles. The first-order valence-corrected chi connectivity index (χ1v) is 3.81. The van der Waals surface area contributed by atoms with Crippen molar-refractivity contribution in [3.63, 3.8) is 0 Å². The molecule has 0 unspecified atom stereocenters. The largest absolute Gasteiger partial charge is 0.254 e. The minimum atomic E-state index is 1.07. The van der Waals surface area contributed by atoms with Crippen LogP contribution in [0.5, 0.6) is 0 Å². The summed E-state index contributed by atoms with van der Waals surface area (Å²) >= 11 is 0. The molecule has 1 aromatic rings. The number of pyridine rings is 1. The number of hydrogen-bond acceptors (Lipinski definition) is 1. The molecule has 1 heterocycles. The fraction of sp³-hybridized carbons (Fsp3) is 0.300. The Morgan fingerprint density at radius 1 is 1.45 bits per heavy atom. The van der Waals surface area contributed by atoms with Crippen LogP contribution in [0.1, 0.15) is 25.2 Å². The maximum Gasteiger partial charge on any atom is 0.0658 e. The van der Waals surface area contributed by atoms with Gasteiger partial charge in [-0.15, -0.1) is 0 Å². The van der Waals surface area contributed by atoms with Gasteiger partial charge in [0, 0.05) is 5.69 Å². The summed E-state index contributed by atoms with van der Waals surface area (Å²) in [5, 5.41) is 0. The highest BCUT2D eigenvalue weighted by atomic mass is 14.7. The molecule has 0 spiro atoms. The van der Waals surface area contributed by atoms with Crippen LogP contribution in [0.4, 0.5) is 0 Å². The summed E-state index contributed by atoms with van der Waals surface area (Å²) < 4.78 is 0. The molecule has 1 nitrogen and oxygen atoms in total. The van der Waals surface area contributed by atoms with Gasteiger partial charge in [-0.2, -0.15) is 0 Å². The Labute approximate surface area is 67.8 Å². The zero-order chi connectivity index (χ0) is 8.27. The lowest BCUT2D eigenvalue weighted by Crippen LogP contribution is -1.87. The van der Waals surface area contributed by atoms with Crippen LogP contribution >= 0.6 is 0 Å². The summed E-state index contributed by atoms with van der Waals surface area (Å²) in [6, 6.07) is 6.07. The minimum Gasteiger partial charge on any atom is -0.254 e. The first kappa shape index (κ1) is 7.99. The highest BCUT2D eigenvalue weighted by Gasteiger charge is 1.94. The zero-order valence-electron chi connectivity index (χ0n) is 7.26. The first-order chi connectivity index (χ1) is 5.24. The zero-order valence-corrected chi connectivity index (χ0v) is 7.26. The van der Waals surface area contributed by atoms with Crippen LogP contribution < -0.4 is 0 Å². The predicted octanol–water partition coefficient (Wildman–Crippen LogP) is 2.81. The van der Waals surface area contributed by atoms with Crippen molar-refractivity contribution in [2.45, 2.75) is 20.8 Å². The Hall–Kier alpha value is -1.11. The average Bonchev–Trinajstić information content (AvgIpc) is 2.03. The Morgan fingerprint density at radius 2 is 2.18 bits per heavy atom. The molecule has 0 saturated carbocycles. The van der Waals surface area contributed by atoms with E-state index >= 15 is 0 Å². The van der Waals surface area contributed by atoms with Crippen molar-refractivity contribution in [2.75, 3.05) is 0 Å². The number of aromatic nitrogens is 1. The fourth-order valence-corrected chi connectivity index (χ4v) is 0.911. The van der Waals surface area contributed by atoms with Crippen LogP contribution in [0.15, 0.2) is 24.3 Å². The first-order valence-electron chi connectivity index (χ1n) is 3.81. The standard InChI is InChI=1S/C10H13N/c1-4-8(2)10-7-5-6-9(3)11-10/h4-7H,1-3H3/b8-4+. The lowest BCUT2D eigenvalue weighted by Gasteiger charge is -1.99. The van der Waals surface area contributed by atoms with E-state index in [0.29, 0.717) is 0 Å². The molecule has 58 valence electrons. The van der Waals surface area contributed by atoms with Crippen LogP contribution in [0.3, 0.4) is 0 Å². The molecule has 0 amide bonds. The van der Waals surface area contributed by atoms with E-state index in [2.05, 4.69) is 18.0 Å². The van der Waals surface area contributed by atoms with E-state index in [4.69, 9.17) is 0 Å². The number of allylic oxidation sites excluding steroid dienone is 2. The third-order valence-electron chi connectivity index (χ3n) is 1.73. The van der Waals surface area contributed by atoms with Gasteiger partial charge in [0.2, 0.25) is 0 Å². The van der Waals surface area contributed by atoms with Crippen molar-refractivity contribution in [1.82, 2.24) is 4.98 Å². The van der Waals surface area contributed by atoms with Crippen molar-refractivity contribution in [3.05, 3.63) is 35.7 Å². The molecule has 0 aliphatic carbocycles. The summed E-state index contributed by atoms with van der Waals surface area (Å²) in [7, 11) is 0. The second-order valence-electron chi connectivity index (χ2n) is 2.64. The molecule has 1 rings (SSSR count). The maximum atomic E-state index is 4.38. The summed E-state index contributed by atoms with van der Waals surface area (Å²) in [6.07, 6.45) is 2.07. The molecule has 0 atom stereocenters. The van der Waals surface area contributed by atoms with E-state index in [1.165, 1.54) is 5.57 Å². The molecule has 0 aliphatic rings. The molecule has 1 aromatic heterocycles.